The van der Waals surface area contributed by atoms with E-state index in [-0.39, 0.29) is 30.4 Å². The first-order valence-electron chi connectivity index (χ1n) is 8.67. The molecule has 0 saturated heterocycles. The number of likely N-dealkylation sites (N-methyl/N-ethyl adjacent to an activating group) is 1. The van der Waals surface area contributed by atoms with E-state index in [9.17, 15) is 9.50 Å². The van der Waals surface area contributed by atoms with Crippen molar-refractivity contribution >= 4 is 29.0 Å². The van der Waals surface area contributed by atoms with Gasteiger partial charge in [-0.1, -0.05) is 24.3 Å². The molecule has 3 rings (SSSR count). The fraction of sp³-hybridized carbons (Fsp3) is 0.300. The lowest BCUT2D eigenvalue weighted by atomic mass is 10.0. The maximum Gasteiger partial charge on any atom is 0.131 e. The predicted molar refractivity (Wildman–Crippen MR) is 110 cm³/mol. The molecule has 3 aromatic rings. The summed E-state index contributed by atoms with van der Waals surface area (Å²) in [7, 11) is 1.87. The van der Waals surface area contributed by atoms with Gasteiger partial charge >= 0.3 is 0 Å². The van der Waals surface area contributed by atoms with Gasteiger partial charge in [-0.25, -0.2) is 14.4 Å². The van der Waals surface area contributed by atoms with Crippen LogP contribution in [-0.2, 0) is 0 Å². The highest BCUT2D eigenvalue weighted by atomic mass is 35.5. The normalized spacial score (nSPS) is 13.0. The molecule has 27 heavy (non-hydrogen) atoms. The topological polar surface area (TPSA) is 70.1 Å². The minimum absolute atomic E-state index is 0. The lowest BCUT2D eigenvalue weighted by Gasteiger charge is -2.18. The van der Waals surface area contributed by atoms with E-state index < -0.39 is 0 Å². The van der Waals surface area contributed by atoms with Crippen molar-refractivity contribution in [2.75, 3.05) is 18.9 Å². The molecule has 0 saturated carbocycles. The Morgan fingerprint density at radius 2 is 1.85 bits per heavy atom. The molecule has 5 nitrogen and oxygen atoms in total. The number of nitrogens with one attached hydrogen (secondary N) is 2. The molecule has 7 heteroatoms. The summed E-state index contributed by atoms with van der Waals surface area (Å²) in [4.78, 5) is 8.62. The monoisotopic (exact) mass is 390 g/mol. The van der Waals surface area contributed by atoms with Gasteiger partial charge < -0.3 is 15.7 Å². The molecule has 1 aromatic heterocycles. The van der Waals surface area contributed by atoms with Crippen molar-refractivity contribution in [3.8, 4) is 11.3 Å². The van der Waals surface area contributed by atoms with E-state index in [4.69, 9.17) is 0 Å². The number of anilines is 1. The molecule has 0 bridgehead atoms. The second-order valence-corrected chi connectivity index (χ2v) is 6.38. The van der Waals surface area contributed by atoms with E-state index in [0.717, 1.165) is 16.6 Å². The maximum atomic E-state index is 14.0. The van der Waals surface area contributed by atoms with Crippen LogP contribution in [0.4, 0.5) is 10.2 Å². The Bertz CT molecular complexity index is 891. The maximum absolute atomic E-state index is 14.0. The van der Waals surface area contributed by atoms with Gasteiger partial charge in [0.05, 0.1) is 11.8 Å². The molecule has 0 spiro atoms. The number of rotatable bonds is 7. The van der Waals surface area contributed by atoms with Crippen LogP contribution in [0.5, 0.6) is 0 Å². The summed E-state index contributed by atoms with van der Waals surface area (Å²) in [5.41, 5.74) is 1.59. The summed E-state index contributed by atoms with van der Waals surface area (Å²) in [6.45, 7) is 2.40. The SMILES string of the molecule is CNC(CNc1cc(-c2ccc(F)c3ccccc23)ncn1)CC(C)O.Cl. The van der Waals surface area contributed by atoms with E-state index in [2.05, 4.69) is 20.6 Å². The molecule has 0 radical (unpaired) electrons. The van der Waals surface area contributed by atoms with Gasteiger partial charge in [0, 0.05) is 29.6 Å². The fourth-order valence-corrected chi connectivity index (χ4v) is 3.03. The van der Waals surface area contributed by atoms with Crippen molar-refractivity contribution in [2.24, 2.45) is 0 Å². The van der Waals surface area contributed by atoms with Crippen LogP contribution in [0, 0.1) is 5.82 Å². The van der Waals surface area contributed by atoms with Gasteiger partial charge in [-0.05, 0) is 37.9 Å². The Hall–Kier alpha value is -2.28. The van der Waals surface area contributed by atoms with Crippen LogP contribution in [0.25, 0.3) is 22.0 Å². The molecular formula is C20H24ClFN4O. The van der Waals surface area contributed by atoms with E-state index in [0.29, 0.717) is 24.2 Å². The number of halogens is 2. The third kappa shape index (κ3) is 5.13. The number of nitrogens with zero attached hydrogens (tertiary/aromatic N) is 2. The van der Waals surface area contributed by atoms with E-state index in [1.807, 2.05) is 31.3 Å². The summed E-state index contributed by atoms with van der Waals surface area (Å²) in [6.07, 6.45) is 1.77. The molecular weight excluding hydrogens is 367 g/mol. The number of hydrogen-bond donors (Lipinski definition) is 3. The molecule has 2 atom stereocenters. The highest BCUT2D eigenvalue weighted by Crippen LogP contribution is 2.29. The highest BCUT2D eigenvalue weighted by Gasteiger charge is 2.12. The zero-order valence-corrected chi connectivity index (χ0v) is 16.1. The Morgan fingerprint density at radius 1 is 1.11 bits per heavy atom. The van der Waals surface area contributed by atoms with Crippen LogP contribution >= 0.6 is 12.4 Å². The molecule has 0 aliphatic heterocycles. The summed E-state index contributed by atoms with van der Waals surface area (Å²) in [5.74, 6) is 0.445. The molecule has 2 aromatic carbocycles. The number of fused-ring (bicyclic) bond motifs is 1. The number of aliphatic hydroxyl groups excluding tert-OH is 1. The predicted octanol–water partition coefficient (Wildman–Crippen LogP) is 3.63. The molecule has 1 heterocycles. The largest absolute Gasteiger partial charge is 0.393 e. The zero-order valence-electron chi connectivity index (χ0n) is 15.3. The molecule has 0 fully saturated rings. The van der Waals surface area contributed by atoms with Crippen LogP contribution in [0.3, 0.4) is 0 Å². The minimum Gasteiger partial charge on any atom is -0.393 e. The number of hydrogen-bond acceptors (Lipinski definition) is 5. The Morgan fingerprint density at radius 3 is 2.56 bits per heavy atom. The second kappa shape index (κ2) is 9.60. The van der Waals surface area contributed by atoms with Gasteiger partial charge in [-0.15, -0.1) is 12.4 Å². The number of benzene rings is 2. The van der Waals surface area contributed by atoms with E-state index in [1.165, 1.54) is 12.4 Å². The van der Waals surface area contributed by atoms with Crippen molar-refractivity contribution in [2.45, 2.75) is 25.5 Å². The summed E-state index contributed by atoms with van der Waals surface area (Å²) < 4.78 is 14.0. The van der Waals surface area contributed by atoms with Crippen molar-refractivity contribution in [3.05, 3.63) is 54.6 Å². The third-order valence-electron chi connectivity index (χ3n) is 4.38. The average molecular weight is 391 g/mol. The molecule has 0 aliphatic rings. The summed E-state index contributed by atoms with van der Waals surface area (Å²) >= 11 is 0. The van der Waals surface area contributed by atoms with Crippen LogP contribution in [-0.4, -0.2) is 40.8 Å². The standard InChI is InChI=1S/C20H23FN4O.ClH/c1-13(26)9-14(22-2)11-23-20-10-19(24-12-25-20)17-7-8-18(21)16-6-4-3-5-15(16)17;/h3-8,10,12-14,22,26H,9,11H2,1-2H3,(H,23,24,25);1H. The first-order chi connectivity index (χ1) is 12.6. The molecule has 144 valence electrons. The van der Waals surface area contributed by atoms with E-state index >= 15 is 0 Å². The van der Waals surface area contributed by atoms with Gasteiger partial charge in [0.1, 0.15) is 18.0 Å². The van der Waals surface area contributed by atoms with Gasteiger partial charge in [-0.3, -0.25) is 0 Å². The zero-order chi connectivity index (χ0) is 18.5. The second-order valence-electron chi connectivity index (χ2n) is 6.38. The van der Waals surface area contributed by atoms with Gasteiger partial charge in [0.15, 0.2) is 0 Å². The smallest absolute Gasteiger partial charge is 0.131 e. The fourth-order valence-electron chi connectivity index (χ4n) is 3.03. The quantitative estimate of drug-likeness (QED) is 0.574. The molecule has 0 amide bonds. The van der Waals surface area contributed by atoms with Crippen LogP contribution in [0.15, 0.2) is 48.8 Å². The first-order valence-corrected chi connectivity index (χ1v) is 8.67. The first kappa shape index (κ1) is 21.0. The van der Waals surface area contributed by atoms with Crippen LogP contribution in [0.2, 0.25) is 0 Å². The van der Waals surface area contributed by atoms with Crippen molar-refractivity contribution in [1.29, 1.82) is 0 Å². The average Bonchev–Trinajstić information content (AvgIpc) is 2.65. The summed E-state index contributed by atoms with van der Waals surface area (Å²) in [6, 6.07) is 12.6. The van der Waals surface area contributed by atoms with Gasteiger partial charge in [0.2, 0.25) is 0 Å². The van der Waals surface area contributed by atoms with Crippen molar-refractivity contribution in [1.82, 2.24) is 15.3 Å². The minimum atomic E-state index is -0.374. The molecule has 3 N–H and O–H groups in total. The van der Waals surface area contributed by atoms with Crippen LogP contribution < -0.4 is 10.6 Å². The Labute approximate surface area is 164 Å². The number of aromatic nitrogens is 2. The van der Waals surface area contributed by atoms with Gasteiger partial charge in [0.25, 0.3) is 0 Å². The highest BCUT2D eigenvalue weighted by molar-refractivity contribution is 5.96. The lowest BCUT2D eigenvalue weighted by Crippen LogP contribution is -2.35. The Kier molecular flexibility index (Phi) is 7.47. The Balaban J connectivity index is 0.00000261. The lowest BCUT2D eigenvalue weighted by molar-refractivity contribution is 0.171. The summed E-state index contributed by atoms with van der Waals surface area (Å²) in [5, 5.41) is 17.4. The third-order valence-corrected chi connectivity index (χ3v) is 4.38. The van der Waals surface area contributed by atoms with Crippen LogP contribution in [0.1, 0.15) is 13.3 Å². The van der Waals surface area contributed by atoms with Gasteiger partial charge in [-0.2, -0.15) is 0 Å². The molecule has 2 unspecified atom stereocenters. The van der Waals surface area contributed by atoms with E-state index in [1.54, 1.807) is 19.1 Å². The molecule has 0 aliphatic carbocycles. The number of aliphatic hydroxyl groups is 1. The van der Waals surface area contributed by atoms with Crippen molar-refractivity contribution < 1.29 is 9.50 Å². The van der Waals surface area contributed by atoms with Crippen molar-refractivity contribution in [3.63, 3.8) is 0 Å².